The molecule has 8 heteroatoms. The van der Waals surface area contributed by atoms with Crippen LogP contribution in [0.25, 0.3) is 0 Å². The van der Waals surface area contributed by atoms with Crippen molar-refractivity contribution < 1.29 is 29.7 Å². The maximum Gasteiger partial charge on any atom is 0.414 e. The molecule has 1 amide bonds. The van der Waals surface area contributed by atoms with Crippen LogP contribution in [0.15, 0.2) is 0 Å². The lowest BCUT2D eigenvalue weighted by Gasteiger charge is -2.09. The fourth-order valence-corrected chi connectivity index (χ4v) is 1.21. The predicted molar refractivity (Wildman–Crippen MR) is 56.4 cm³/mol. The fraction of sp³-hybridized carbons (Fsp3) is 0.667. The van der Waals surface area contributed by atoms with E-state index in [1.807, 2.05) is 0 Å². The normalized spacial score (nSPS) is 17.8. The number of carbonyl (C=O) groups excluding carboxylic acids is 1. The molecule has 0 bridgehead atoms. The number of aliphatic hydroxyl groups is 1. The molecule has 1 aliphatic rings. The molecule has 1 saturated heterocycles. The SMILES string of the molecule is O=C(NCCO)[C@@H]1CCCN1.O=C(O)C(=O)O. The molecule has 1 rings (SSSR count). The molecule has 0 aromatic heterocycles. The average Bonchev–Trinajstić information content (AvgIpc) is 2.80. The van der Waals surface area contributed by atoms with Gasteiger partial charge in [-0.3, -0.25) is 4.79 Å². The summed E-state index contributed by atoms with van der Waals surface area (Å²) >= 11 is 0. The van der Waals surface area contributed by atoms with Gasteiger partial charge in [-0.2, -0.15) is 0 Å². The Hall–Kier alpha value is -1.67. The van der Waals surface area contributed by atoms with Crippen molar-refractivity contribution in [2.24, 2.45) is 0 Å². The Labute approximate surface area is 97.6 Å². The van der Waals surface area contributed by atoms with Crippen molar-refractivity contribution in [3.05, 3.63) is 0 Å². The summed E-state index contributed by atoms with van der Waals surface area (Å²) in [6, 6.07) is -0.0263. The zero-order valence-corrected chi connectivity index (χ0v) is 9.18. The van der Waals surface area contributed by atoms with Crippen LogP contribution in [0.2, 0.25) is 0 Å². The van der Waals surface area contributed by atoms with Gasteiger partial charge in [0, 0.05) is 6.54 Å². The molecule has 0 unspecified atom stereocenters. The van der Waals surface area contributed by atoms with Gasteiger partial charge in [0.05, 0.1) is 12.6 Å². The summed E-state index contributed by atoms with van der Waals surface area (Å²) in [5.41, 5.74) is 0. The first-order valence-corrected chi connectivity index (χ1v) is 5.07. The highest BCUT2D eigenvalue weighted by molar-refractivity contribution is 6.27. The Morgan fingerprint density at radius 1 is 1.24 bits per heavy atom. The van der Waals surface area contributed by atoms with Gasteiger partial charge < -0.3 is 26.0 Å². The Bertz CT molecular complexity index is 263. The van der Waals surface area contributed by atoms with Gasteiger partial charge in [-0.05, 0) is 19.4 Å². The van der Waals surface area contributed by atoms with E-state index in [1.54, 1.807) is 0 Å². The summed E-state index contributed by atoms with van der Waals surface area (Å²) in [6.07, 6.45) is 1.98. The maximum atomic E-state index is 11.1. The van der Waals surface area contributed by atoms with Gasteiger partial charge in [0.2, 0.25) is 5.91 Å². The molecule has 8 nitrogen and oxygen atoms in total. The highest BCUT2D eigenvalue weighted by atomic mass is 16.4. The van der Waals surface area contributed by atoms with Crippen LogP contribution in [-0.2, 0) is 14.4 Å². The number of amides is 1. The van der Waals surface area contributed by atoms with E-state index in [0.717, 1.165) is 19.4 Å². The Kier molecular flexibility index (Phi) is 7.65. The van der Waals surface area contributed by atoms with Crippen LogP contribution in [0, 0.1) is 0 Å². The molecule has 5 N–H and O–H groups in total. The lowest BCUT2D eigenvalue weighted by molar-refractivity contribution is -0.159. The third kappa shape index (κ3) is 7.25. The van der Waals surface area contributed by atoms with E-state index in [1.165, 1.54) is 0 Å². The van der Waals surface area contributed by atoms with E-state index < -0.39 is 11.9 Å². The number of carboxylic acid groups (broad SMARTS) is 2. The van der Waals surface area contributed by atoms with Crippen molar-refractivity contribution in [1.29, 1.82) is 0 Å². The van der Waals surface area contributed by atoms with Crippen molar-refractivity contribution in [2.45, 2.75) is 18.9 Å². The van der Waals surface area contributed by atoms with E-state index >= 15 is 0 Å². The van der Waals surface area contributed by atoms with Crippen LogP contribution in [-0.4, -0.2) is 58.9 Å². The molecule has 0 aliphatic carbocycles. The maximum absolute atomic E-state index is 11.1. The summed E-state index contributed by atoms with van der Waals surface area (Å²) in [7, 11) is 0. The van der Waals surface area contributed by atoms with E-state index in [-0.39, 0.29) is 18.6 Å². The minimum absolute atomic E-state index is 0.0107. The number of rotatable bonds is 3. The number of hydrogen-bond donors (Lipinski definition) is 5. The summed E-state index contributed by atoms with van der Waals surface area (Å²) in [5.74, 6) is -3.64. The third-order valence-corrected chi connectivity index (χ3v) is 1.97. The first-order valence-electron chi connectivity index (χ1n) is 5.07. The fourth-order valence-electron chi connectivity index (χ4n) is 1.21. The smallest absolute Gasteiger partial charge is 0.414 e. The molecule has 0 aromatic carbocycles. The van der Waals surface area contributed by atoms with E-state index in [4.69, 9.17) is 24.9 Å². The molecule has 1 heterocycles. The van der Waals surface area contributed by atoms with Gasteiger partial charge in [-0.25, -0.2) is 9.59 Å². The zero-order chi connectivity index (χ0) is 13.3. The summed E-state index contributed by atoms with van der Waals surface area (Å²) in [6.45, 7) is 1.30. The molecule has 0 saturated carbocycles. The Balaban J connectivity index is 0.000000366. The molecular weight excluding hydrogens is 232 g/mol. The summed E-state index contributed by atoms with van der Waals surface area (Å²) < 4.78 is 0. The minimum Gasteiger partial charge on any atom is -0.473 e. The first kappa shape index (κ1) is 15.3. The van der Waals surface area contributed by atoms with E-state index in [0.29, 0.717) is 6.54 Å². The van der Waals surface area contributed by atoms with Crippen molar-refractivity contribution in [3.63, 3.8) is 0 Å². The van der Waals surface area contributed by atoms with Crippen LogP contribution in [0.1, 0.15) is 12.8 Å². The van der Waals surface area contributed by atoms with Gasteiger partial charge in [0.25, 0.3) is 0 Å². The van der Waals surface area contributed by atoms with Crippen LogP contribution >= 0.6 is 0 Å². The van der Waals surface area contributed by atoms with Crippen molar-refractivity contribution in [3.8, 4) is 0 Å². The highest BCUT2D eigenvalue weighted by Gasteiger charge is 2.20. The lowest BCUT2D eigenvalue weighted by atomic mass is 10.2. The molecule has 98 valence electrons. The molecule has 1 aliphatic heterocycles. The second-order valence-corrected chi connectivity index (χ2v) is 3.27. The predicted octanol–water partition coefficient (Wildman–Crippen LogP) is -2.00. The van der Waals surface area contributed by atoms with Crippen LogP contribution in [0.5, 0.6) is 0 Å². The molecule has 1 fully saturated rings. The van der Waals surface area contributed by atoms with Gasteiger partial charge in [-0.1, -0.05) is 0 Å². The average molecular weight is 248 g/mol. The lowest BCUT2D eigenvalue weighted by Crippen LogP contribution is -2.41. The first-order chi connectivity index (χ1) is 7.99. The van der Waals surface area contributed by atoms with Crippen molar-refractivity contribution in [1.82, 2.24) is 10.6 Å². The Morgan fingerprint density at radius 2 is 1.82 bits per heavy atom. The largest absolute Gasteiger partial charge is 0.473 e. The second kappa shape index (κ2) is 8.48. The molecular formula is C9H16N2O6. The van der Waals surface area contributed by atoms with Crippen LogP contribution in [0.4, 0.5) is 0 Å². The monoisotopic (exact) mass is 248 g/mol. The summed E-state index contributed by atoms with van der Waals surface area (Å²) in [5, 5.41) is 28.9. The van der Waals surface area contributed by atoms with Gasteiger partial charge >= 0.3 is 11.9 Å². The quantitative estimate of drug-likeness (QED) is 0.364. The van der Waals surface area contributed by atoms with E-state index in [9.17, 15) is 4.79 Å². The summed E-state index contributed by atoms with van der Waals surface area (Å²) in [4.78, 5) is 29.3. The van der Waals surface area contributed by atoms with Gasteiger partial charge in [-0.15, -0.1) is 0 Å². The number of nitrogens with one attached hydrogen (secondary N) is 2. The topological polar surface area (TPSA) is 136 Å². The molecule has 0 radical (unpaired) electrons. The minimum atomic E-state index is -1.82. The number of carboxylic acids is 2. The second-order valence-electron chi connectivity index (χ2n) is 3.27. The van der Waals surface area contributed by atoms with Crippen molar-refractivity contribution in [2.75, 3.05) is 19.7 Å². The zero-order valence-electron chi connectivity index (χ0n) is 9.18. The number of hydrogen-bond acceptors (Lipinski definition) is 5. The highest BCUT2D eigenvalue weighted by Crippen LogP contribution is 2.03. The van der Waals surface area contributed by atoms with Crippen LogP contribution in [0.3, 0.4) is 0 Å². The molecule has 0 spiro atoms. The third-order valence-electron chi connectivity index (χ3n) is 1.97. The van der Waals surface area contributed by atoms with E-state index in [2.05, 4.69) is 10.6 Å². The standard InChI is InChI=1S/C7H14N2O2.C2H2O4/c10-5-4-9-7(11)6-2-1-3-8-6;3-1(4)2(5)6/h6,8,10H,1-5H2,(H,9,11);(H,3,4)(H,5,6)/t6-;/m0./s1. The van der Waals surface area contributed by atoms with Crippen molar-refractivity contribution >= 4 is 17.8 Å². The number of aliphatic carboxylic acids is 2. The molecule has 17 heavy (non-hydrogen) atoms. The molecule has 0 aromatic rings. The Morgan fingerprint density at radius 3 is 2.18 bits per heavy atom. The van der Waals surface area contributed by atoms with Gasteiger partial charge in [0.15, 0.2) is 0 Å². The number of carbonyl (C=O) groups is 3. The number of aliphatic hydroxyl groups excluding tert-OH is 1. The molecule has 1 atom stereocenters. The van der Waals surface area contributed by atoms with Crippen LogP contribution < -0.4 is 10.6 Å². The van der Waals surface area contributed by atoms with Gasteiger partial charge in [0.1, 0.15) is 0 Å².